The Balaban J connectivity index is 2.23. The van der Waals surface area contributed by atoms with Gasteiger partial charge in [0.05, 0.1) is 0 Å². The third kappa shape index (κ3) is 2.16. The van der Waals surface area contributed by atoms with E-state index >= 15 is 0 Å². The molecule has 3 heteroatoms. The van der Waals surface area contributed by atoms with Crippen LogP contribution < -0.4 is 0 Å². The van der Waals surface area contributed by atoms with Gasteiger partial charge in [0.25, 0.3) is 0 Å². The van der Waals surface area contributed by atoms with Gasteiger partial charge in [-0.3, -0.25) is 0 Å². The van der Waals surface area contributed by atoms with Crippen LogP contribution >= 0.6 is 12.0 Å². The fourth-order valence-electron chi connectivity index (χ4n) is 1.21. The van der Waals surface area contributed by atoms with Crippen LogP contribution in [-0.2, 0) is 0 Å². The number of rotatable bonds is 1. The second-order valence-corrected chi connectivity index (χ2v) is 3.51. The van der Waals surface area contributed by atoms with Crippen LogP contribution in [0.4, 0.5) is 0 Å². The predicted octanol–water partition coefficient (Wildman–Crippen LogP) is 1.29. The van der Waals surface area contributed by atoms with Crippen LogP contribution in [0, 0.1) is 0 Å². The van der Waals surface area contributed by atoms with Crippen molar-refractivity contribution in [1.29, 1.82) is 0 Å². The molecule has 1 fully saturated rings. The lowest BCUT2D eigenvalue weighted by molar-refractivity contribution is 0.280. The first-order valence-corrected chi connectivity index (χ1v) is 4.15. The summed E-state index contributed by atoms with van der Waals surface area (Å²) < 4.78 is 8.70. The first kappa shape index (κ1) is 7.38. The predicted molar refractivity (Wildman–Crippen MR) is 40.7 cm³/mol. The number of piperidine rings is 1. The molecule has 0 bridgehead atoms. The molecule has 2 nitrogen and oxygen atoms in total. The number of hydrogen-bond donors (Lipinski definition) is 1. The Morgan fingerprint density at radius 2 is 2.44 bits per heavy atom. The van der Waals surface area contributed by atoms with E-state index in [1.807, 2.05) is 0 Å². The van der Waals surface area contributed by atoms with Crippen molar-refractivity contribution in [3.8, 4) is 0 Å². The molecule has 1 heterocycles. The molecular formula is C6H13NOS. The molecule has 1 N–H and O–H groups in total. The van der Waals surface area contributed by atoms with Crippen LogP contribution in [0.3, 0.4) is 0 Å². The molecular weight excluding hydrogens is 134 g/mol. The minimum Gasteiger partial charge on any atom is -0.330 e. The van der Waals surface area contributed by atoms with Gasteiger partial charge in [-0.15, -0.1) is 0 Å². The third-order valence-electron chi connectivity index (χ3n) is 1.73. The van der Waals surface area contributed by atoms with Crippen LogP contribution in [0.25, 0.3) is 0 Å². The van der Waals surface area contributed by atoms with Crippen molar-refractivity contribution < 1.29 is 4.55 Å². The molecule has 0 aromatic carbocycles. The molecule has 1 aliphatic heterocycles. The monoisotopic (exact) mass is 147 g/mol. The molecule has 0 spiro atoms. The summed E-state index contributed by atoms with van der Waals surface area (Å²) in [5.74, 6) is 0. The van der Waals surface area contributed by atoms with Crippen molar-refractivity contribution >= 4 is 12.0 Å². The van der Waals surface area contributed by atoms with Crippen molar-refractivity contribution in [2.24, 2.45) is 0 Å². The molecule has 54 valence electrons. The summed E-state index contributed by atoms with van der Waals surface area (Å²) in [6.45, 7) is 2.23. The van der Waals surface area contributed by atoms with E-state index in [-0.39, 0.29) is 0 Å². The zero-order valence-corrected chi connectivity index (χ0v) is 6.52. The van der Waals surface area contributed by atoms with E-state index in [9.17, 15) is 0 Å². The summed E-state index contributed by atoms with van der Waals surface area (Å²) in [7, 11) is 2.10. The molecule has 0 aromatic heterocycles. The van der Waals surface area contributed by atoms with Gasteiger partial charge in [-0.2, -0.15) is 0 Å². The van der Waals surface area contributed by atoms with Gasteiger partial charge in [-0.05, 0) is 38.5 Å². The molecule has 1 aliphatic rings. The van der Waals surface area contributed by atoms with E-state index in [0.717, 1.165) is 18.6 Å². The quantitative estimate of drug-likeness (QED) is 0.565. The topological polar surface area (TPSA) is 23.5 Å². The zero-order chi connectivity index (χ0) is 6.69. The molecule has 1 unspecified atom stereocenters. The zero-order valence-electron chi connectivity index (χ0n) is 5.71. The lowest BCUT2D eigenvalue weighted by Gasteiger charge is -2.27. The molecule has 0 amide bonds. The van der Waals surface area contributed by atoms with E-state index in [1.165, 1.54) is 19.4 Å². The van der Waals surface area contributed by atoms with Crippen LogP contribution in [0.15, 0.2) is 0 Å². The Bertz CT molecular complexity index is 89.1. The SMILES string of the molecule is CN1CCCC(SO)C1. The van der Waals surface area contributed by atoms with Crippen LogP contribution in [-0.4, -0.2) is 34.8 Å². The lowest BCUT2D eigenvalue weighted by Crippen LogP contribution is -2.33. The van der Waals surface area contributed by atoms with Crippen molar-refractivity contribution in [3.63, 3.8) is 0 Å². The van der Waals surface area contributed by atoms with E-state index in [1.54, 1.807) is 0 Å². The van der Waals surface area contributed by atoms with Crippen LogP contribution in [0.1, 0.15) is 12.8 Å². The Hall–Kier alpha value is 0.270. The summed E-state index contributed by atoms with van der Waals surface area (Å²) in [5.41, 5.74) is 0. The standard InChI is InChI=1S/C6H13NOS/c1-7-4-2-3-6(5-7)9-8/h6,8H,2-5H2,1H3. The van der Waals surface area contributed by atoms with Crippen LogP contribution in [0.2, 0.25) is 0 Å². The molecule has 1 rings (SSSR count). The summed E-state index contributed by atoms with van der Waals surface area (Å²) in [5, 5.41) is 0.462. The Morgan fingerprint density at radius 1 is 1.67 bits per heavy atom. The van der Waals surface area contributed by atoms with Crippen molar-refractivity contribution in [2.75, 3.05) is 20.1 Å². The second-order valence-electron chi connectivity index (χ2n) is 2.63. The Morgan fingerprint density at radius 3 is 2.89 bits per heavy atom. The summed E-state index contributed by atoms with van der Waals surface area (Å²) in [6, 6.07) is 0. The van der Waals surface area contributed by atoms with Gasteiger partial charge in [-0.25, -0.2) is 0 Å². The smallest absolute Gasteiger partial charge is 0.0436 e. The van der Waals surface area contributed by atoms with Gasteiger partial charge in [0.15, 0.2) is 0 Å². The summed E-state index contributed by atoms with van der Waals surface area (Å²) in [6.07, 6.45) is 2.40. The van der Waals surface area contributed by atoms with E-state index in [2.05, 4.69) is 11.9 Å². The maximum atomic E-state index is 8.70. The number of likely N-dealkylation sites (tertiary alicyclic amines) is 1. The van der Waals surface area contributed by atoms with Crippen LogP contribution in [0.5, 0.6) is 0 Å². The average molecular weight is 147 g/mol. The normalized spacial score (nSPS) is 30.7. The average Bonchev–Trinajstić information content (AvgIpc) is 1.88. The van der Waals surface area contributed by atoms with E-state index < -0.39 is 0 Å². The molecule has 0 saturated carbocycles. The number of hydrogen-bond acceptors (Lipinski definition) is 3. The maximum Gasteiger partial charge on any atom is 0.0436 e. The Kier molecular flexibility index (Phi) is 2.82. The van der Waals surface area contributed by atoms with E-state index in [4.69, 9.17) is 4.55 Å². The first-order chi connectivity index (χ1) is 4.33. The van der Waals surface area contributed by atoms with Crippen molar-refractivity contribution in [2.45, 2.75) is 18.1 Å². The highest BCUT2D eigenvalue weighted by atomic mass is 32.2. The first-order valence-electron chi connectivity index (χ1n) is 3.31. The fraction of sp³-hybridized carbons (Fsp3) is 1.00. The highest BCUT2D eigenvalue weighted by Crippen LogP contribution is 2.18. The van der Waals surface area contributed by atoms with Gasteiger partial charge in [0.1, 0.15) is 0 Å². The fourth-order valence-corrected chi connectivity index (χ4v) is 1.80. The van der Waals surface area contributed by atoms with Gasteiger partial charge >= 0.3 is 0 Å². The molecule has 1 atom stereocenters. The molecule has 1 saturated heterocycles. The van der Waals surface area contributed by atoms with Gasteiger partial charge in [0, 0.05) is 11.8 Å². The third-order valence-corrected chi connectivity index (χ3v) is 2.41. The minimum absolute atomic E-state index is 0.462. The lowest BCUT2D eigenvalue weighted by atomic mass is 10.1. The molecule has 0 aromatic rings. The number of nitrogens with zero attached hydrogens (tertiary/aromatic N) is 1. The highest BCUT2D eigenvalue weighted by Gasteiger charge is 2.16. The highest BCUT2D eigenvalue weighted by molar-refractivity contribution is 7.94. The van der Waals surface area contributed by atoms with Gasteiger partial charge < -0.3 is 9.45 Å². The van der Waals surface area contributed by atoms with Crippen molar-refractivity contribution in [1.82, 2.24) is 4.90 Å². The van der Waals surface area contributed by atoms with Crippen molar-refractivity contribution in [3.05, 3.63) is 0 Å². The Labute approximate surface area is 60.4 Å². The second kappa shape index (κ2) is 3.44. The van der Waals surface area contributed by atoms with Gasteiger partial charge in [-0.1, -0.05) is 0 Å². The molecule has 9 heavy (non-hydrogen) atoms. The van der Waals surface area contributed by atoms with Gasteiger partial charge in [0.2, 0.25) is 0 Å². The molecule has 0 aliphatic carbocycles. The van der Waals surface area contributed by atoms with E-state index in [0.29, 0.717) is 5.25 Å². The largest absolute Gasteiger partial charge is 0.330 e. The maximum absolute atomic E-state index is 8.70. The summed E-state index contributed by atoms with van der Waals surface area (Å²) >= 11 is 1.01. The molecule has 0 radical (unpaired) electrons. The summed E-state index contributed by atoms with van der Waals surface area (Å²) in [4.78, 5) is 2.26. The minimum atomic E-state index is 0.462.